The first-order chi connectivity index (χ1) is 10.7. The van der Waals surface area contributed by atoms with Crippen molar-refractivity contribution in [3.05, 3.63) is 80.7 Å². The van der Waals surface area contributed by atoms with Gasteiger partial charge in [-0.1, -0.05) is 70.2 Å². The first kappa shape index (κ1) is 15.1. The highest BCUT2D eigenvalue weighted by Gasteiger charge is 2.09. The monoisotopic (exact) mass is 375 g/mol. The van der Waals surface area contributed by atoms with Crippen LogP contribution in [0.3, 0.4) is 0 Å². The average Bonchev–Trinajstić information content (AvgIpc) is 2.88. The number of nitrogens with zero attached hydrogens (tertiary/aromatic N) is 2. The van der Waals surface area contributed by atoms with E-state index in [0.29, 0.717) is 11.7 Å². The fraction of sp³-hybridized carbons (Fsp3) is 0.125. The highest BCUT2D eigenvalue weighted by molar-refractivity contribution is 9.10. The first-order valence-corrected chi connectivity index (χ1v) is 8.56. The van der Waals surface area contributed by atoms with Gasteiger partial charge in [-0.25, -0.2) is 9.89 Å². The number of hydrogen-bond acceptors (Lipinski definition) is 3. The molecule has 0 saturated carbocycles. The van der Waals surface area contributed by atoms with Crippen LogP contribution in [0, 0.1) is 0 Å². The Morgan fingerprint density at radius 2 is 1.77 bits per heavy atom. The summed E-state index contributed by atoms with van der Waals surface area (Å²) < 4.78 is 2.72. The van der Waals surface area contributed by atoms with Crippen LogP contribution in [-0.2, 0) is 12.3 Å². The summed E-state index contributed by atoms with van der Waals surface area (Å²) in [6, 6.07) is 18.0. The van der Waals surface area contributed by atoms with Crippen LogP contribution < -0.4 is 5.69 Å². The zero-order valence-corrected chi connectivity index (χ0v) is 14.1. The molecule has 1 heterocycles. The number of aromatic amines is 1. The van der Waals surface area contributed by atoms with Gasteiger partial charge in [-0.15, -0.1) is 5.10 Å². The van der Waals surface area contributed by atoms with Crippen LogP contribution in [0.2, 0.25) is 0 Å². The summed E-state index contributed by atoms with van der Waals surface area (Å²) in [5.74, 6) is 0.770. The molecule has 0 aliphatic carbocycles. The van der Waals surface area contributed by atoms with Crippen molar-refractivity contribution in [3.63, 3.8) is 0 Å². The van der Waals surface area contributed by atoms with Crippen molar-refractivity contribution in [2.75, 3.05) is 0 Å². The Kier molecular flexibility index (Phi) is 4.80. The van der Waals surface area contributed by atoms with Crippen molar-refractivity contribution in [2.45, 2.75) is 17.5 Å². The molecule has 2 aromatic carbocycles. The number of thioether (sulfide) groups is 1. The number of hydrogen-bond donors (Lipinski definition) is 1. The maximum atomic E-state index is 11.9. The van der Waals surface area contributed by atoms with Crippen LogP contribution in [0.1, 0.15) is 11.1 Å². The Hall–Kier alpha value is -1.79. The van der Waals surface area contributed by atoms with Gasteiger partial charge in [0, 0.05) is 10.2 Å². The molecule has 0 aliphatic rings. The summed E-state index contributed by atoms with van der Waals surface area (Å²) >= 11 is 4.98. The summed E-state index contributed by atoms with van der Waals surface area (Å²) in [5.41, 5.74) is 2.09. The number of aromatic nitrogens is 3. The SMILES string of the molecule is O=c1[nH]nc(SCc2ccc(Br)cc2)n1Cc1ccccc1. The molecular formula is C16H14BrN3OS. The molecule has 1 N–H and O–H groups in total. The van der Waals surface area contributed by atoms with E-state index >= 15 is 0 Å². The minimum absolute atomic E-state index is 0.179. The average molecular weight is 376 g/mol. The van der Waals surface area contributed by atoms with E-state index in [4.69, 9.17) is 0 Å². The summed E-state index contributed by atoms with van der Waals surface area (Å²) in [6.45, 7) is 0.527. The van der Waals surface area contributed by atoms with E-state index in [1.807, 2.05) is 42.5 Å². The molecule has 3 rings (SSSR count). The molecule has 0 unspecified atom stereocenters. The number of nitrogens with one attached hydrogen (secondary N) is 1. The summed E-state index contributed by atoms with van der Waals surface area (Å²) in [7, 11) is 0. The van der Waals surface area contributed by atoms with E-state index < -0.39 is 0 Å². The van der Waals surface area contributed by atoms with Gasteiger partial charge >= 0.3 is 5.69 Å². The van der Waals surface area contributed by atoms with Crippen LogP contribution in [0.5, 0.6) is 0 Å². The predicted octanol–water partition coefficient (Wildman–Crippen LogP) is 3.67. The normalized spacial score (nSPS) is 10.8. The summed E-state index contributed by atoms with van der Waals surface area (Å²) in [4.78, 5) is 11.9. The zero-order valence-electron chi connectivity index (χ0n) is 11.7. The van der Waals surface area contributed by atoms with Crippen molar-refractivity contribution < 1.29 is 0 Å². The van der Waals surface area contributed by atoms with Crippen LogP contribution in [-0.4, -0.2) is 14.8 Å². The Labute approximate surface area is 140 Å². The van der Waals surface area contributed by atoms with Gasteiger partial charge in [0.2, 0.25) is 0 Å². The molecule has 0 atom stereocenters. The Morgan fingerprint density at radius 3 is 2.50 bits per heavy atom. The van der Waals surface area contributed by atoms with Gasteiger partial charge in [-0.3, -0.25) is 4.57 Å². The number of benzene rings is 2. The van der Waals surface area contributed by atoms with Crippen LogP contribution in [0.4, 0.5) is 0 Å². The molecular weight excluding hydrogens is 362 g/mol. The maximum absolute atomic E-state index is 11.9. The van der Waals surface area contributed by atoms with Gasteiger partial charge in [-0.2, -0.15) is 0 Å². The van der Waals surface area contributed by atoms with Gasteiger partial charge in [0.15, 0.2) is 5.16 Å². The Balaban J connectivity index is 1.74. The van der Waals surface area contributed by atoms with E-state index in [0.717, 1.165) is 15.8 Å². The molecule has 0 amide bonds. The third kappa shape index (κ3) is 3.69. The fourth-order valence-electron chi connectivity index (χ4n) is 2.05. The third-order valence-corrected chi connectivity index (χ3v) is 4.76. The van der Waals surface area contributed by atoms with Crippen molar-refractivity contribution in [2.24, 2.45) is 0 Å². The zero-order chi connectivity index (χ0) is 15.4. The van der Waals surface area contributed by atoms with Crippen LogP contribution in [0.15, 0.2) is 69.0 Å². The summed E-state index contributed by atoms with van der Waals surface area (Å²) in [6.07, 6.45) is 0. The maximum Gasteiger partial charge on any atom is 0.344 e. The van der Waals surface area contributed by atoms with Crippen LogP contribution in [0.25, 0.3) is 0 Å². The van der Waals surface area contributed by atoms with Gasteiger partial charge < -0.3 is 0 Å². The molecule has 0 saturated heterocycles. The lowest BCUT2D eigenvalue weighted by atomic mass is 10.2. The minimum Gasteiger partial charge on any atom is -0.266 e. The van der Waals surface area contributed by atoms with Crippen molar-refractivity contribution >= 4 is 27.7 Å². The lowest BCUT2D eigenvalue weighted by Gasteiger charge is -2.06. The van der Waals surface area contributed by atoms with E-state index in [1.165, 1.54) is 5.56 Å². The Bertz CT molecular complexity index is 796. The van der Waals surface area contributed by atoms with E-state index in [-0.39, 0.29) is 5.69 Å². The molecule has 22 heavy (non-hydrogen) atoms. The first-order valence-electron chi connectivity index (χ1n) is 6.79. The molecule has 0 fully saturated rings. The molecule has 112 valence electrons. The van der Waals surface area contributed by atoms with E-state index in [1.54, 1.807) is 16.3 Å². The van der Waals surface area contributed by atoms with E-state index in [2.05, 4.69) is 38.3 Å². The highest BCUT2D eigenvalue weighted by Crippen LogP contribution is 2.21. The number of rotatable bonds is 5. The van der Waals surface area contributed by atoms with Gasteiger partial charge in [0.25, 0.3) is 0 Å². The second kappa shape index (κ2) is 6.98. The van der Waals surface area contributed by atoms with Gasteiger partial charge in [0.1, 0.15) is 0 Å². The molecule has 0 aliphatic heterocycles. The second-order valence-corrected chi connectivity index (χ2v) is 6.66. The number of H-pyrrole nitrogens is 1. The molecule has 3 aromatic rings. The fourth-order valence-corrected chi connectivity index (χ4v) is 3.21. The number of halogens is 1. The van der Waals surface area contributed by atoms with E-state index in [9.17, 15) is 4.79 Å². The second-order valence-electron chi connectivity index (χ2n) is 4.80. The molecule has 0 bridgehead atoms. The molecule has 1 aromatic heterocycles. The molecule has 4 nitrogen and oxygen atoms in total. The van der Waals surface area contributed by atoms with Crippen LogP contribution >= 0.6 is 27.7 Å². The van der Waals surface area contributed by atoms with Crippen molar-refractivity contribution in [3.8, 4) is 0 Å². The lowest BCUT2D eigenvalue weighted by molar-refractivity contribution is 0.687. The highest BCUT2D eigenvalue weighted by atomic mass is 79.9. The summed E-state index contributed by atoms with van der Waals surface area (Å²) in [5, 5.41) is 7.36. The third-order valence-electron chi connectivity index (χ3n) is 3.19. The topological polar surface area (TPSA) is 50.7 Å². The quantitative estimate of drug-likeness (QED) is 0.692. The largest absolute Gasteiger partial charge is 0.344 e. The van der Waals surface area contributed by atoms with Gasteiger partial charge in [0.05, 0.1) is 6.54 Å². The smallest absolute Gasteiger partial charge is 0.266 e. The lowest BCUT2D eigenvalue weighted by Crippen LogP contribution is -2.18. The standard InChI is InChI=1S/C16H14BrN3OS/c17-14-8-6-13(7-9-14)11-22-16-19-18-15(21)20(16)10-12-4-2-1-3-5-12/h1-9H,10-11H2,(H,18,21). The molecule has 6 heteroatoms. The minimum atomic E-state index is -0.179. The van der Waals surface area contributed by atoms with Gasteiger partial charge in [-0.05, 0) is 23.3 Å². The van der Waals surface area contributed by atoms with Crippen molar-refractivity contribution in [1.29, 1.82) is 0 Å². The molecule has 0 radical (unpaired) electrons. The predicted molar refractivity (Wildman–Crippen MR) is 92.1 cm³/mol. The molecule has 0 spiro atoms. The van der Waals surface area contributed by atoms with Crippen molar-refractivity contribution in [1.82, 2.24) is 14.8 Å². The Morgan fingerprint density at radius 1 is 1.05 bits per heavy atom.